The lowest BCUT2D eigenvalue weighted by atomic mass is 10.1. The van der Waals surface area contributed by atoms with Gasteiger partial charge in [0, 0.05) is 36.3 Å². The average molecular weight is 407 g/mol. The number of methoxy groups -OCH3 is 1. The number of esters is 1. The molecule has 0 aromatic heterocycles. The number of ether oxygens (including phenoxy) is 1. The monoisotopic (exact) mass is 407 g/mol. The van der Waals surface area contributed by atoms with Gasteiger partial charge in [-0.05, 0) is 48.5 Å². The second-order valence-corrected chi connectivity index (χ2v) is 6.22. The van der Waals surface area contributed by atoms with Crippen LogP contribution in [-0.2, 0) is 14.3 Å². The Bertz CT molecular complexity index is 1000. The number of carbonyl (C=O) groups excluding carboxylic acids is 4. The van der Waals surface area contributed by atoms with Crippen LogP contribution in [0.1, 0.15) is 31.8 Å². The van der Waals surface area contributed by atoms with Crippen molar-refractivity contribution in [1.29, 1.82) is 0 Å². The van der Waals surface area contributed by atoms with Gasteiger partial charge in [0.15, 0.2) is 0 Å². The van der Waals surface area contributed by atoms with Crippen molar-refractivity contribution < 1.29 is 23.9 Å². The largest absolute Gasteiger partial charge is 0.467 e. The van der Waals surface area contributed by atoms with Crippen LogP contribution in [0.25, 0.3) is 0 Å². The van der Waals surface area contributed by atoms with Gasteiger partial charge in [-0.1, -0.05) is 11.8 Å². The van der Waals surface area contributed by atoms with Crippen LogP contribution in [-0.4, -0.2) is 55.8 Å². The number of carbonyl (C=O) groups is 4. The van der Waals surface area contributed by atoms with E-state index in [4.69, 9.17) is 5.73 Å². The quantitative estimate of drug-likeness (QED) is 0.426. The van der Waals surface area contributed by atoms with Crippen molar-refractivity contribution in [3.8, 4) is 11.8 Å². The Hall–Kier alpha value is -4.12. The molecule has 0 bridgehead atoms. The van der Waals surface area contributed by atoms with E-state index >= 15 is 0 Å². The third kappa shape index (κ3) is 5.23. The minimum absolute atomic E-state index is 0.284. The number of hydrogen-bond acceptors (Lipinski definition) is 5. The number of rotatable bonds is 5. The minimum atomic E-state index is -1.39. The first kappa shape index (κ1) is 22.2. The number of amides is 3. The molecule has 0 saturated heterocycles. The molecule has 0 heterocycles. The van der Waals surface area contributed by atoms with Crippen LogP contribution in [0.2, 0.25) is 0 Å². The molecule has 30 heavy (non-hydrogen) atoms. The summed E-state index contributed by atoms with van der Waals surface area (Å²) in [6.07, 6.45) is 0. The molecule has 1 atom stereocenters. The predicted molar refractivity (Wildman–Crippen MR) is 109 cm³/mol. The Kier molecular flexibility index (Phi) is 7.31. The Labute approximate surface area is 174 Å². The number of nitrogens with one attached hydrogen (secondary N) is 1. The van der Waals surface area contributed by atoms with Crippen molar-refractivity contribution in [3.63, 3.8) is 0 Å². The van der Waals surface area contributed by atoms with Crippen molar-refractivity contribution in [3.05, 3.63) is 70.8 Å². The van der Waals surface area contributed by atoms with Gasteiger partial charge in [-0.15, -0.1) is 0 Å². The van der Waals surface area contributed by atoms with Crippen molar-refractivity contribution in [1.82, 2.24) is 10.2 Å². The van der Waals surface area contributed by atoms with E-state index in [0.29, 0.717) is 16.7 Å². The fourth-order valence-electron chi connectivity index (χ4n) is 2.57. The molecule has 0 aliphatic rings. The Morgan fingerprint density at radius 3 is 1.80 bits per heavy atom. The Morgan fingerprint density at radius 1 is 0.933 bits per heavy atom. The van der Waals surface area contributed by atoms with E-state index in [9.17, 15) is 19.2 Å². The highest BCUT2D eigenvalue weighted by Gasteiger charge is 2.34. The molecule has 2 aromatic carbocycles. The van der Waals surface area contributed by atoms with Gasteiger partial charge in [0.05, 0.1) is 7.11 Å². The summed E-state index contributed by atoms with van der Waals surface area (Å²) in [5, 5.41) is 2.34. The van der Waals surface area contributed by atoms with E-state index in [1.807, 2.05) is 0 Å². The van der Waals surface area contributed by atoms with Gasteiger partial charge in [0.25, 0.3) is 11.8 Å². The molecule has 0 aliphatic carbocycles. The van der Waals surface area contributed by atoms with Crippen LogP contribution < -0.4 is 11.1 Å². The zero-order valence-electron chi connectivity index (χ0n) is 16.8. The van der Waals surface area contributed by atoms with E-state index in [1.54, 1.807) is 48.5 Å². The van der Waals surface area contributed by atoms with E-state index in [0.717, 1.165) is 12.0 Å². The lowest BCUT2D eigenvalue weighted by Gasteiger charge is -2.24. The first-order valence-electron chi connectivity index (χ1n) is 8.87. The summed E-state index contributed by atoms with van der Waals surface area (Å²) in [6, 6.07) is 11.6. The summed E-state index contributed by atoms with van der Waals surface area (Å²) in [5.41, 5.74) is 7.24. The van der Waals surface area contributed by atoms with Gasteiger partial charge in [-0.2, -0.15) is 0 Å². The molecule has 8 nitrogen and oxygen atoms in total. The van der Waals surface area contributed by atoms with E-state index in [-0.39, 0.29) is 5.56 Å². The third-order valence-corrected chi connectivity index (χ3v) is 4.28. The fraction of sp³-hybridized carbons (Fsp3) is 0.182. The first-order valence-corrected chi connectivity index (χ1v) is 8.87. The second kappa shape index (κ2) is 9.89. The number of nitrogens with two attached hydrogens (primary N) is 1. The molecule has 0 radical (unpaired) electrons. The highest BCUT2D eigenvalue weighted by molar-refractivity contribution is 6.07. The molecule has 8 heteroatoms. The molecule has 0 aliphatic heterocycles. The van der Waals surface area contributed by atoms with Crippen LogP contribution in [0.3, 0.4) is 0 Å². The summed E-state index contributed by atoms with van der Waals surface area (Å²) in [6.45, 7) is 0. The van der Waals surface area contributed by atoms with Crippen molar-refractivity contribution in [2.75, 3.05) is 21.2 Å². The van der Waals surface area contributed by atoms with Crippen LogP contribution in [0.5, 0.6) is 0 Å². The second-order valence-electron chi connectivity index (χ2n) is 6.22. The van der Waals surface area contributed by atoms with Gasteiger partial charge < -0.3 is 20.7 Å². The molecule has 1 unspecified atom stereocenters. The molecule has 154 valence electrons. The Balaban J connectivity index is 2.16. The van der Waals surface area contributed by atoms with Gasteiger partial charge in [0.1, 0.15) is 0 Å². The number of nitrogens with zero attached hydrogens (tertiary/aromatic N) is 1. The van der Waals surface area contributed by atoms with Crippen LogP contribution in [0, 0.1) is 11.8 Å². The normalized spacial score (nSPS) is 10.8. The lowest BCUT2D eigenvalue weighted by Crippen LogP contribution is -2.51. The smallest absolute Gasteiger partial charge is 0.338 e. The topological polar surface area (TPSA) is 119 Å². The summed E-state index contributed by atoms with van der Waals surface area (Å²) < 4.78 is 4.62. The number of benzene rings is 2. The Morgan fingerprint density at radius 2 is 1.40 bits per heavy atom. The molecule has 3 amide bonds. The maximum atomic E-state index is 12.7. The maximum Gasteiger partial charge on any atom is 0.338 e. The standard InChI is InChI=1S/C22H21N3O5/c1-24-20(27)18(22(29)30-3)25(2)21(28)17-12-8-15(9-13-17)5-4-14-6-10-16(11-7-14)19(23)26/h6-13,18H,1-3H3,(H2,23,26)(H,24,27). The van der Waals surface area contributed by atoms with Crippen LogP contribution in [0.15, 0.2) is 48.5 Å². The van der Waals surface area contributed by atoms with Gasteiger partial charge in [0.2, 0.25) is 11.9 Å². The number of hydrogen-bond donors (Lipinski definition) is 2. The molecular weight excluding hydrogens is 386 g/mol. The molecule has 2 rings (SSSR count). The summed E-state index contributed by atoms with van der Waals surface area (Å²) >= 11 is 0. The molecule has 3 N–H and O–H groups in total. The van der Waals surface area contributed by atoms with Crippen LogP contribution in [0.4, 0.5) is 0 Å². The molecule has 0 spiro atoms. The predicted octanol–water partition coefficient (Wildman–Crippen LogP) is 0.545. The molecular formula is C22H21N3O5. The zero-order chi connectivity index (χ0) is 22.3. The van der Waals surface area contributed by atoms with E-state index < -0.39 is 29.7 Å². The first-order chi connectivity index (χ1) is 14.3. The molecule has 0 saturated carbocycles. The van der Waals surface area contributed by atoms with Crippen molar-refractivity contribution in [2.45, 2.75) is 6.04 Å². The van der Waals surface area contributed by atoms with E-state index in [1.165, 1.54) is 14.1 Å². The summed E-state index contributed by atoms with van der Waals surface area (Å²) in [4.78, 5) is 48.6. The van der Waals surface area contributed by atoms with E-state index in [2.05, 4.69) is 21.9 Å². The summed E-state index contributed by atoms with van der Waals surface area (Å²) in [5.74, 6) is 3.39. The lowest BCUT2D eigenvalue weighted by molar-refractivity contribution is -0.150. The van der Waals surface area contributed by atoms with Crippen molar-refractivity contribution >= 4 is 23.7 Å². The third-order valence-electron chi connectivity index (χ3n) is 4.28. The highest BCUT2D eigenvalue weighted by atomic mass is 16.5. The number of likely N-dealkylation sites (N-methyl/N-ethyl adjacent to an activating group) is 2. The van der Waals surface area contributed by atoms with Gasteiger partial charge >= 0.3 is 5.97 Å². The van der Waals surface area contributed by atoms with Gasteiger partial charge in [-0.3, -0.25) is 14.4 Å². The minimum Gasteiger partial charge on any atom is -0.467 e. The summed E-state index contributed by atoms with van der Waals surface area (Å²) in [7, 11) is 3.86. The number of primary amides is 1. The SMILES string of the molecule is CNC(=O)C(C(=O)OC)N(C)C(=O)c1ccc(C#Cc2ccc(C(N)=O)cc2)cc1. The fourth-order valence-corrected chi connectivity index (χ4v) is 2.57. The van der Waals surface area contributed by atoms with Crippen LogP contribution >= 0.6 is 0 Å². The highest BCUT2D eigenvalue weighted by Crippen LogP contribution is 2.10. The average Bonchev–Trinajstić information content (AvgIpc) is 2.77. The van der Waals surface area contributed by atoms with Crippen molar-refractivity contribution in [2.24, 2.45) is 5.73 Å². The van der Waals surface area contributed by atoms with Gasteiger partial charge in [-0.25, -0.2) is 4.79 Å². The zero-order valence-corrected chi connectivity index (χ0v) is 16.8. The molecule has 2 aromatic rings. The maximum absolute atomic E-state index is 12.7. The molecule has 0 fully saturated rings.